The molecule has 9 nitrogen and oxygen atoms in total. The van der Waals surface area contributed by atoms with Crippen molar-refractivity contribution in [3.8, 4) is 5.75 Å². The average Bonchev–Trinajstić information content (AvgIpc) is 3.31. The minimum atomic E-state index is -4.52. The van der Waals surface area contributed by atoms with Gasteiger partial charge in [-0.1, -0.05) is 36.7 Å². The van der Waals surface area contributed by atoms with Crippen LogP contribution in [0.3, 0.4) is 0 Å². The number of amides is 1. The fourth-order valence-corrected chi connectivity index (χ4v) is 12.0. The molecule has 57 heavy (non-hydrogen) atoms. The van der Waals surface area contributed by atoms with Crippen LogP contribution in [0.4, 0.5) is 18.9 Å². The lowest BCUT2D eigenvalue weighted by Gasteiger charge is -2.53. The molecule has 2 aromatic carbocycles. The summed E-state index contributed by atoms with van der Waals surface area (Å²) in [6.07, 6.45) is 4.01. The summed E-state index contributed by atoms with van der Waals surface area (Å²) in [5, 5.41) is 0.161. The predicted molar refractivity (Wildman–Crippen MR) is 219 cm³/mol. The third kappa shape index (κ3) is 8.48. The van der Waals surface area contributed by atoms with Gasteiger partial charge in [0.1, 0.15) is 18.0 Å². The first-order valence-electron chi connectivity index (χ1n) is 20.6. The maximum atomic E-state index is 14.3. The van der Waals surface area contributed by atoms with Gasteiger partial charge in [-0.15, -0.1) is 0 Å². The average molecular weight is 833 g/mol. The molecule has 4 aliphatic heterocycles. The molecular formula is C43H56ClF3N4O5S. The molecule has 1 unspecified atom stereocenters. The number of allylic oxidation sites excluding steroid dienone is 1. The molecule has 1 saturated carbocycles. The molecule has 2 aliphatic carbocycles. The molecule has 312 valence electrons. The molecule has 2 aromatic rings. The number of alkyl halides is 3. The monoisotopic (exact) mass is 832 g/mol. The molecule has 1 N–H and O–H groups in total. The van der Waals surface area contributed by atoms with E-state index < -0.39 is 44.7 Å². The van der Waals surface area contributed by atoms with Crippen molar-refractivity contribution in [2.45, 2.75) is 80.9 Å². The SMILES string of the molecule is C=S1(=O)NC(=O)c2ccc3c(c2)N(C[C@@H]2CC[C@H]2[C@](CN2CCN4CCOC[C@@H]4C2)(OCC(F)(F)F)/C=C/C[C@H](C)[C@H]1C)C[C@@]1(CCCc2cc(Cl)ccc21)CO3. The third-order valence-electron chi connectivity index (χ3n) is 13.9. The molecule has 1 amide bonds. The first kappa shape index (κ1) is 40.9. The minimum Gasteiger partial charge on any atom is -0.490 e. The zero-order valence-electron chi connectivity index (χ0n) is 33.0. The number of halogens is 4. The van der Waals surface area contributed by atoms with E-state index in [0.29, 0.717) is 75.2 Å². The Kier molecular flexibility index (Phi) is 11.5. The number of piperazine rings is 1. The highest BCUT2D eigenvalue weighted by Crippen LogP contribution is 2.50. The number of morpholine rings is 1. The van der Waals surface area contributed by atoms with Gasteiger partial charge in [-0.2, -0.15) is 13.2 Å². The van der Waals surface area contributed by atoms with Crippen LogP contribution in [0.1, 0.15) is 67.4 Å². The molecule has 0 radical (unpaired) electrons. The number of nitrogens with zero attached hydrogens (tertiary/aromatic N) is 3. The van der Waals surface area contributed by atoms with Crippen LogP contribution in [0.2, 0.25) is 5.02 Å². The highest BCUT2D eigenvalue weighted by atomic mass is 35.5. The molecule has 8 rings (SSSR count). The van der Waals surface area contributed by atoms with E-state index in [2.05, 4.69) is 31.4 Å². The second-order valence-electron chi connectivity index (χ2n) is 17.6. The molecule has 8 atom stereocenters. The predicted octanol–water partition coefficient (Wildman–Crippen LogP) is 6.52. The summed E-state index contributed by atoms with van der Waals surface area (Å²) >= 11 is 6.49. The maximum Gasteiger partial charge on any atom is 0.411 e. The Morgan fingerprint density at radius 1 is 1.11 bits per heavy atom. The van der Waals surface area contributed by atoms with Gasteiger partial charge < -0.3 is 19.1 Å². The van der Waals surface area contributed by atoms with Crippen LogP contribution >= 0.6 is 11.6 Å². The summed E-state index contributed by atoms with van der Waals surface area (Å²) in [4.78, 5) is 20.8. The minimum absolute atomic E-state index is 0.0150. The summed E-state index contributed by atoms with van der Waals surface area (Å²) in [5.74, 6) is 3.71. The van der Waals surface area contributed by atoms with Gasteiger partial charge >= 0.3 is 6.18 Å². The first-order chi connectivity index (χ1) is 27.1. The molecule has 3 fully saturated rings. The molecule has 2 bridgehead atoms. The topological polar surface area (TPSA) is 83.6 Å². The normalized spacial score (nSPS) is 35.8. The zero-order valence-corrected chi connectivity index (χ0v) is 34.6. The van der Waals surface area contributed by atoms with Gasteiger partial charge in [0.05, 0.1) is 35.2 Å². The maximum absolute atomic E-state index is 14.3. The van der Waals surface area contributed by atoms with Crippen LogP contribution in [0.5, 0.6) is 5.75 Å². The summed E-state index contributed by atoms with van der Waals surface area (Å²) in [7, 11) is -3.13. The van der Waals surface area contributed by atoms with Crippen molar-refractivity contribution in [3.05, 3.63) is 70.3 Å². The highest BCUT2D eigenvalue weighted by molar-refractivity contribution is 7.99. The van der Waals surface area contributed by atoms with E-state index in [1.165, 1.54) is 11.1 Å². The molecule has 14 heteroatoms. The van der Waals surface area contributed by atoms with Gasteiger partial charge in [0.15, 0.2) is 0 Å². The lowest BCUT2D eigenvalue weighted by atomic mass is 9.63. The van der Waals surface area contributed by atoms with Crippen LogP contribution in [0.25, 0.3) is 0 Å². The van der Waals surface area contributed by atoms with Gasteiger partial charge in [-0.05, 0) is 111 Å². The molecule has 1 spiro atoms. The van der Waals surface area contributed by atoms with Crippen molar-refractivity contribution in [1.82, 2.24) is 14.5 Å². The molecule has 2 saturated heterocycles. The number of carbonyl (C=O) groups is 1. The number of carbonyl (C=O) groups excluding carboxylic acids is 1. The van der Waals surface area contributed by atoms with Crippen molar-refractivity contribution in [2.75, 3.05) is 77.1 Å². The Bertz CT molecular complexity index is 1970. The quantitative estimate of drug-likeness (QED) is 0.276. The van der Waals surface area contributed by atoms with Gasteiger partial charge in [0.2, 0.25) is 0 Å². The second-order valence-corrected chi connectivity index (χ2v) is 20.4. The van der Waals surface area contributed by atoms with E-state index in [4.69, 9.17) is 25.8 Å². The van der Waals surface area contributed by atoms with Crippen molar-refractivity contribution < 1.29 is 36.4 Å². The molecule has 4 heterocycles. The number of rotatable bonds is 4. The van der Waals surface area contributed by atoms with Crippen LogP contribution in [-0.4, -0.2) is 121 Å². The Hall–Kier alpha value is -2.81. The molecule has 6 aliphatic rings. The number of aryl methyl sites for hydroxylation is 1. The standard InChI is InChI=1S/C43H56ClF3N4O5S/c1-29-6-4-15-42(56-28-43(45,46)47,26-49-16-17-50-18-19-54-24-35(50)23-49)37-11-8-33(37)22-51-25-41(14-5-7-31-20-34(44)10-12-36(31)41)27-55-39-13-9-32(21-38(39)51)40(52)48-57(3,53)30(29)2/h4,9-10,12-13,15,20-21,29-30,33,35,37H,3,5-8,11,14,16-19,22-28H2,1-2H3,(H,48,52,53)/b15-4+/t29-,30+,33-,35-,37+,41-,42-,57?/m0/s1. The number of anilines is 1. The summed E-state index contributed by atoms with van der Waals surface area (Å²) in [5.41, 5.74) is 1.84. The summed E-state index contributed by atoms with van der Waals surface area (Å²) in [6.45, 7) is 8.61. The Balaban J connectivity index is 1.22. The van der Waals surface area contributed by atoms with Crippen LogP contribution in [-0.2, 0) is 31.0 Å². The highest BCUT2D eigenvalue weighted by Gasteiger charge is 2.52. The largest absolute Gasteiger partial charge is 0.490 e. The fourth-order valence-electron chi connectivity index (χ4n) is 10.3. The third-order valence-corrected chi connectivity index (χ3v) is 16.3. The summed E-state index contributed by atoms with van der Waals surface area (Å²) < 4.78 is 78.5. The zero-order chi connectivity index (χ0) is 40.2. The number of nitrogens with one attached hydrogen (secondary N) is 1. The number of ether oxygens (including phenoxy) is 3. The van der Waals surface area contributed by atoms with E-state index >= 15 is 0 Å². The van der Waals surface area contributed by atoms with Gasteiger partial charge in [-0.25, -0.2) is 4.21 Å². The van der Waals surface area contributed by atoms with Crippen molar-refractivity contribution in [2.24, 2.45) is 17.8 Å². The lowest BCUT2D eigenvalue weighted by Crippen LogP contribution is -2.63. The number of fused-ring (bicyclic) bond motifs is 5. The smallest absolute Gasteiger partial charge is 0.411 e. The molecular weight excluding hydrogens is 777 g/mol. The number of hydrogen-bond donors (Lipinski definition) is 1. The first-order valence-corrected chi connectivity index (χ1v) is 22.7. The lowest BCUT2D eigenvalue weighted by molar-refractivity contribution is -0.219. The van der Waals surface area contributed by atoms with Gasteiger partial charge in [0, 0.05) is 73.1 Å². The van der Waals surface area contributed by atoms with Crippen LogP contribution < -0.4 is 14.4 Å². The van der Waals surface area contributed by atoms with E-state index in [1.54, 1.807) is 13.0 Å². The Labute approximate surface area is 340 Å². The van der Waals surface area contributed by atoms with Crippen LogP contribution in [0, 0.1) is 17.8 Å². The fraction of sp³-hybridized carbons (Fsp3) is 0.628. The van der Waals surface area contributed by atoms with E-state index in [-0.39, 0.29) is 23.8 Å². The van der Waals surface area contributed by atoms with Crippen molar-refractivity contribution in [3.63, 3.8) is 0 Å². The number of benzene rings is 2. The Morgan fingerprint density at radius 2 is 1.95 bits per heavy atom. The van der Waals surface area contributed by atoms with Gasteiger partial charge in [-0.3, -0.25) is 19.3 Å². The number of hydrogen-bond acceptors (Lipinski definition) is 8. The summed E-state index contributed by atoms with van der Waals surface area (Å²) in [6, 6.07) is 11.6. The van der Waals surface area contributed by atoms with Crippen LogP contribution in [0.15, 0.2) is 48.6 Å². The van der Waals surface area contributed by atoms with Crippen molar-refractivity contribution >= 4 is 38.8 Å². The second kappa shape index (κ2) is 16.0. The Morgan fingerprint density at radius 3 is 2.74 bits per heavy atom. The van der Waals surface area contributed by atoms with Crippen molar-refractivity contribution in [1.29, 1.82) is 0 Å². The van der Waals surface area contributed by atoms with Gasteiger partial charge in [0.25, 0.3) is 5.91 Å². The van der Waals surface area contributed by atoms with E-state index in [0.717, 1.165) is 51.0 Å². The molecule has 0 aromatic heterocycles. The van der Waals surface area contributed by atoms with E-state index in [1.807, 2.05) is 43.3 Å². The van der Waals surface area contributed by atoms with E-state index in [9.17, 15) is 22.2 Å².